The monoisotopic (exact) mass is 470 g/mol. The van der Waals surface area contributed by atoms with E-state index in [1.807, 2.05) is 12.1 Å². The minimum Gasteiger partial charge on any atom is -0.477 e. The van der Waals surface area contributed by atoms with E-state index in [1.165, 1.54) is 25.0 Å². The summed E-state index contributed by atoms with van der Waals surface area (Å²) in [5, 5.41) is 6.46. The Morgan fingerprint density at radius 3 is 2.50 bits per heavy atom. The second-order valence-corrected chi connectivity index (χ2v) is 6.16. The summed E-state index contributed by atoms with van der Waals surface area (Å²) < 4.78 is 18.6. The van der Waals surface area contributed by atoms with E-state index >= 15 is 0 Å². The molecular formula is C19H24FIN4O. The highest BCUT2D eigenvalue weighted by Crippen LogP contribution is 2.29. The van der Waals surface area contributed by atoms with E-state index in [0.29, 0.717) is 30.8 Å². The van der Waals surface area contributed by atoms with Crippen molar-refractivity contribution in [2.45, 2.75) is 25.9 Å². The summed E-state index contributed by atoms with van der Waals surface area (Å²) >= 11 is 0. The van der Waals surface area contributed by atoms with Crippen molar-refractivity contribution in [2.75, 3.05) is 13.7 Å². The van der Waals surface area contributed by atoms with Crippen molar-refractivity contribution in [3.8, 4) is 5.88 Å². The fourth-order valence-corrected chi connectivity index (χ4v) is 2.32. The molecule has 2 N–H and O–H groups in total. The maximum absolute atomic E-state index is 12.9. The molecule has 0 unspecified atom stereocenters. The number of ether oxygens (including phenoxy) is 1. The highest BCUT2D eigenvalue weighted by molar-refractivity contribution is 14.0. The van der Waals surface area contributed by atoms with E-state index in [2.05, 4.69) is 20.6 Å². The van der Waals surface area contributed by atoms with E-state index in [1.54, 1.807) is 25.4 Å². The molecule has 1 aromatic carbocycles. The number of rotatable bonds is 7. The SMILES string of the molecule is CN=C(NCc1ccc(F)cc1)NCc1ccnc(OCC2CC2)c1.I. The van der Waals surface area contributed by atoms with Crippen molar-refractivity contribution in [2.24, 2.45) is 10.9 Å². The second kappa shape index (κ2) is 10.3. The Hall–Kier alpha value is -1.90. The number of guanidine groups is 1. The number of hydrogen-bond donors (Lipinski definition) is 2. The van der Waals surface area contributed by atoms with Crippen LogP contribution in [0.3, 0.4) is 0 Å². The van der Waals surface area contributed by atoms with Crippen molar-refractivity contribution in [3.63, 3.8) is 0 Å². The number of benzene rings is 1. The van der Waals surface area contributed by atoms with E-state index in [4.69, 9.17) is 4.74 Å². The van der Waals surface area contributed by atoms with E-state index < -0.39 is 0 Å². The van der Waals surface area contributed by atoms with Gasteiger partial charge in [-0.15, -0.1) is 24.0 Å². The Kier molecular flexibility index (Phi) is 8.08. The van der Waals surface area contributed by atoms with Crippen LogP contribution in [0.15, 0.2) is 47.6 Å². The lowest BCUT2D eigenvalue weighted by molar-refractivity contribution is 0.288. The highest BCUT2D eigenvalue weighted by atomic mass is 127. The number of nitrogens with zero attached hydrogens (tertiary/aromatic N) is 2. The van der Waals surface area contributed by atoms with Gasteiger partial charge in [0.1, 0.15) is 5.82 Å². The molecule has 0 aliphatic heterocycles. The molecule has 26 heavy (non-hydrogen) atoms. The van der Waals surface area contributed by atoms with Crippen molar-refractivity contribution >= 4 is 29.9 Å². The van der Waals surface area contributed by atoms with Gasteiger partial charge in [0.15, 0.2) is 5.96 Å². The van der Waals surface area contributed by atoms with Crippen LogP contribution in [0.25, 0.3) is 0 Å². The van der Waals surface area contributed by atoms with Crippen LogP contribution in [0.2, 0.25) is 0 Å². The molecule has 140 valence electrons. The first-order chi connectivity index (χ1) is 12.2. The Labute approximate surface area is 170 Å². The Balaban J connectivity index is 0.00000243. The normalized spacial score (nSPS) is 13.7. The van der Waals surface area contributed by atoms with E-state index in [9.17, 15) is 4.39 Å². The lowest BCUT2D eigenvalue weighted by Gasteiger charge is -2.12. The smallest absolute Gasteiger partial charge is 0.213 e. The lowest BCUT2D eigenvalue weighted by atomic mass is 10.2. The molecule has 1 saturated carbocycles. The van der Waals surface area contributed by atoms with Gasteiger partial charge in [0.05, 0.1) is 6.61 Å². The topological polar surface area (TPSA) is 58.5 Å². The molecule has 1 aliphatic carbocycles. The average molecular weight is 470 g/mol. The third-order valence-corrected chi connectivity index (χ3v) is 4.02. The molecule has 0 radical (unpaired) electrons. The Morgan fingerprint density at radius 1 is 1.15 bits per heavy atom. The van der Waals surface area contributed by atoms with Gasteiger partial charge in [0.2, 0.25) is 5.88 Å². The van der Waals surface area contributed by atoms with Crippen LogP contribution < -0.4 is 15.4 Å². The van der Waals surface area contributed by atoms with Gasteiger partial charge >= 0.3 is 0 Å². The molecule has 1 aromatic heterocycles. The molecule has 0 spiro atoms. The van der Waals surface area contributed by atoms with Crippen LogP contribution in [-0.2, 0) is 13.1 Å². The van der Waals surface area contributed by atoms with Gasteiger partial charge in [-0.3, -0.25) is 4.99 Å². The number of pyridine rings is 1. The number of aliphatic imine (C=N–C) groups is 1. The number of aromatic nitrogens is 1. The molecule has 1 fully saturated rings. The third-order valence-electron chi connectivity index (χ3n) is 4.02. The molecule has 7 heteroatoms. The van der Waals surface area contributed by atoms with Crippen LogP contribution in [-0.4, -0.2) is 24.6 Å². The molecule has 0 saturated heterocycles. The van der Waals surface area contributed by atoms with Crippen molar-refractivity contribution in [3.05, 3.63) is 59.5 Å². The van der Waals surface area contributed by atoms with E-state index in [0.717, 1.165) is 17.7 Å². The Bertz CT molecular complexity index is 720. The second-order valence-electron chi connectivity index (χ2n) is 6.16. The molecule has 5 nitrogen and oxygen atoms in total. The van der Waals surface area contributed by atoms with Gasteiger partial charge < -0.3 is 15.4 Å². The summed E-state index contributed by atoms with van der Waals surface area (Å²) in [6, 6.07) is 10.3. The summed E-state index contributed by atoms with van der Waals surface area (Å²) in [6.07, 6.45) is 4.28. The zero-order chi connectivity index (χ0) is 17.5. The third kappa shape index (κ3) is 6.78. The molecule has 1 aliphatic rings. The van der Waals surface area contributed by atoms with Crippen LogP contribution >= 0.6 is 24.0 Å². The zero-order valence-electron chi connectivity index (χ0n) is 14.7. The summed E-state index contributed by atoms with van der Waals surface area (Å²) in [4.78, 5) is 8.44. The molecule has 0 amide bonds. The minimum atomic E-state index is -0.233. The maximum atomic E-state index is 12.9. The first-order valence-corrected chi connectivity index (χ1v) is 8.49. The standard InChI is InChI=1S/C19H23FN4O.HI/c1-21-19(23-11-14-4-6-17(20)7-5-14)24-12-16-8-9-22-18(10-16)25-13-15-2-3-15;/h4-10,15H,2-3,11-13H2,1H3,(H2,21,23,24);1H. The largest absolute Gasteiger partial charge is 0.477 e. The van der Waals surface area contributed by atoms with Gasteiger partial charge in [0.25, 0.3) is 0 Å². The number of halogens is 2. The van der Waals surface area contributed by atoms with Crippen molar-refractivity contribution in [1.82, 2.24) is 15.6 Å². The van der Waals surface area contributed by atoms with Gasteiger partial charge in [0, 0.05) is 32.4 Å². The molecule has 0 atom stereocenters. The van der Waals surface area contributed by atoms with Crippen LogP contribution in [0, 0.1) is 11.7 Å². The summed E-state index contributed by atoms with van der Waals surface area (Å²) in [5.74, 6) is 1.82. The van der Waals surface area contributed by atoms with Gasteiger partial charge in [-0.1, -0.05) is 12.1 Å². The van der Waals surface area contributed by atoms with E-state index in [-0.39, 0.29) is 29.8 Å². The molecule has 1 heterocycles. The minimum absolute atomic E-state index is 0. The van der Waals surface area contributed by atoms with Crippen LogP contribution in [0.5, 0.6) is 5.88 Å². The lowest BCUT2D eigenvalue weighted by Crippen LogP contribution is -2.36. The summed E-state index contributed by atoms with van der Waals surface area (Å²) in [7, 11) is 1.72. The number of nitrogens with one attached hydrogen (secondary N) is 2. The van der Waals surface area contributed by atoms with Crippen LogP contribution in [0.1, 0.15) is 24.0 Å². The van der Waals surface area contributed by atoms with Crippen molar-refractivity contribution < 1.29 is 9.13 Å². The first kappa shape index (κ1) is 20.4. The van der Waals surface area contributed by atoms with Crippen LogP contribution in [0.4, 0.5) is 4.39 Å². The highest BCUT2D eigenvalue weighted by Gasteiger charge is 2.22. The molecule has 3 rings (SSSR count). The first-order valence-electron chi connectivity index (χ1n) is 8.49. The average Bonchev–Trinajstić information content (AvgIpc) is 3.46. The summed E-state index contributed by atoms with van der Waals surface area (Å²) in [6.45, 7) is 1.95. The maximum Gasteiger partial charge on any atom is 0.213 e. The number of hydrogen-bond acceptors (Lipinski definition) is 3. The van der Waals surface area contributed by atoms with Crippen molar-refractivity contribution in [1.29, 1.82) is 0 Å². The predicted molar refractivity (Wildman–Crippen MR) is 111 cm³/mol. The molecule has 0 bridgehead atoms. The zero-order valence-corrected chi connectivity index (χ0v) is 17.1. The fourth-order valence-electron chi connectivity index (χ4n) is 2.32. The molecule has 2 aromatic rings. The van der Waals surface area contributed by atoms with Gasteiger partial charge in [-0.25, -0.2) is 9.37 Å². The Morgan fingerprint density at radius 2 is 1.85 bits per heavy atom. The molecular weight excluding hydrogens is 446 g/mol. The van der Waals surface area contributed by atoms with Gasteiger partial charge in [-0.05, 0) is 48.1 Å². The quantitative estimate of drug-likeness (QED) is 0.370. The summed E-state index contributed by atoms with van der Waals surface area (Å²) in [5.41, 5.74) is 2.06. The predicted octanol–water partition coefficient (Wildman–Crippen LogP) is 3.49. The van der Waals surface area contributed by atoms with Gasteiger partial charge in [-0.2, -0.15) is 0 Å². The fraction of sp³-hybridized carbons (Fsp3) is 0.368.